The summed E-state index contributed by atoms with van der Waals surface area (Å²) in [5.74, 6) is -0.528. The molecule has 1 heterocycles. The van der Waals surface area contributed by atoms with E-state index in [1.54, 1.807) is 13.0 Å². The van der Waals surface area contributed by atoms with Crippen molar-refractivity contribution in [2.45, 2.75) is 58.5 Å². The number of hydrogen-bond donors (Lipinski definition) is 0. The van der Waals surface area contributed by atoms with Gasteiger partial charge in [0.05, 0.1) is 23.7 Å². The molecule has 1 saturated heterocycles. The van der Waals surface area contributed by atoms with E-state index >= 15 is 0 Å². The summed E-state index contributed by atoms with van der Waals surface area (Å²) >= 11 is 0. The van der Waals surface area contributed by atoms with Crippen molar-refractivity contribution >= 4 is 16.0 Å². The Hall–Kier alpha value is -2.22. The number of hydrogen-bond acceptors (Lipinski definition) is 5. The lowest BCUT2D eigenvalue weighted by Crippen LogP contribution is -2.40. The van der Waals surface area contributed by atoms with Gasteiger partial charge in [-0.1, -0.05) is 39.0 Å². The first-order valence-electron chi connectivity index (χ1n) is 10.9. The maximum atomic E-state index is 13.0. The van der Waals surface area contributed by atoms with Crippen LogP contribution in [0, 0.1) is 20.8 Å². The minimum atomic E-state index is -3.69. The number of ether oxygens (including phenoxy) is 2. The molecule has 3 rings (SSSR count). The van der Waals surface area contributed by atoms with E-state index in [0.29, 0.717) is 31.9 Å². The van der Waals surface area contributed by atoms with E-state index in [1.165, 1.54) is 22.0 Å². The Morgan fingerprint density at radius 3 is 2.16 bits per heavy atom. The molecular formula is C25H33NO5S. The zero-order chi connectivity index (χ0) is 23.7. The highest BCUT2D eigenvalue weighted by atomic mass is 32.2. The number of esters is 1. The molecule has 0 N–H and O–H groups in total. The highest BCUT2D eigenvalue weighted by Gasteiger charge is 2.27. The topological polar surface area (TPSA) is 72.9 Å². The molecule has 0 aliphatic carbocycles. The van der Waals surface area contributed by atoms with E-state index in [9.17, 15) is 13.2 Å². The van der Waals surface area contributed by atoms with E-state index in [2.05, 4.69) is 32.9 Å². The molecule has 174 valence electrons. The molecule has 7 heteroatoms. The quantitative estimate of drug-likeness (QED) is 0.624. The van der Waals surface area contributed by atoms with E-state index in [1.807, 2.05) is 13.8 Å². The molecule has 0 amide bonds. The molecule has 1 aliphatic heterocycles. The Morgan fingerprint density at radius 1 is 1.00 bits per heavy atom. The summed E-state index contributed by atoms with van der Waals surface area (Å²) in [6.07, 6.45) is 0. The number of carbonyl (C=O) groups excluding carboxylic acids is 1. The molecule has 1 aliphatic rings. The summed E-state index contributed by atoms with van der Waals surface area (Å²) < 4.78 is 38.2. The van der Waals surface area contributed by atoms with Crippen LogP contribution in [0.4, 0.5) is 0 Å². The second-order valence-electron chi connectivity index (χ2n) is 9.41. The van der Waals surface area contributed by atoms with Gasteiger partial charge in [0.2, 0.25) is 10.0 Å². The summed E-state index contributed by atoms with van der Waals surface area (Å²) in [5, 5.41) is 0. The molecule has 2 aromatic carbocycles. The summed E-state index contributed by atoms with van der Waals surface area (Å²) in [7, 11) is -3.69. The monoisotopic (exact) mass is 459 g/mol. The molecule has 0 spiro atoms. The van der Waals surface area contributed by atoms with Crippen LogP contribution in [-0.4, -0.2) is 45.0 Å². The minimum absolute atomic E-state index is 0.0360. The average Bonchev–Trinajstić information content (AvgIpc) is 2.73. The smallest absolute Gasteiger partial charge is 0.338 e. The van der Waals surface area contributed by atoms with Crippen molar-refractivity contribution in [3.63, 3.8) is 0 Å². The molecule has 0 unspecified atom stereocenters. The van der Waals surface area contributed by atoms with Gasteiger partial charge in [-0.25, -0.2) is 13.2 Å². The Morgan fingerprint density at radius 2 is 1.59 bits per heavy atom. The highest BCUT2D eigenvalue weighted by Crippen LogP contribution is 2.28. The van der Waals surface area contributed by atoms with Crippen LogP contribution in [0.1, 0.15) is 58.9 Å². The number of aryl methyl sites for hydroxylation is 3. The van der Waals surface area contributed by atoms with Crippen LogP contribution in [0.3, 0.4) is 0 Å². The fourth-order valence-electron chi connectivity index (χ4n) is 3.79. The van der Waals surface area contributed by atoms with Crippen LogP contribution in [0.15, 0.2) is 35.2 Å². The van der Waals surface area contributed by atoms with Crippen LogP contribution >= 0.6 is 0 Å². The van der Waals surface area contributed by atoms with Gasteiger partial charge in [0, 0.05) is 13.1 Å². The van der Waals surface area contributed by atoms with Gasteiger partial charge >= 0.3 is 5.97 Å². The highest BCUT2D eigenvalue weighted by molar-refractivity contribution is 7.89. The number of morpholine rings is 1. The number of rotatable bonds is 5. The van der Waals surface area contributed by atoms with Gasteiger partial charge in [-0.3, -0.25) is 0 Å². The predicted octanol–water partition coefficient (Wildman–Crippen LogP) is 4.29. The summed E-state index contributed by atoms with van der Waals surface area (Å²) in [4.78, 5) is 13.0. The maximum absolute atomic E-state index is 13.0. The fourth-order valence-corrected chi connectivity index (χ4v) is 5.22. The van der Waals surface area contributed by atoms with Crippen LogP contribution in [0.2, 0.25) is 0 Å². The largest absolute Gasteiger partial charge is 0.457 e. The molecule has 0 bridgehead atoms. The first-order valence-corrected chi connectivity index (χ1v) is 12.3. The van der Waals surface area contributed by atoms with Gasteiger partial charge in [-0.2, -0.15) is 4.31 Å². The third kappa shape index (κ3) is 5.22. The van der Waals surface area contributed by atoms with Gasteiger partial charge < -0.3 is 9.47 Å². The van der Waals surface area contributed by atoms with E-state index in [-0.39, 0.29) is 22.5 Å². The molecule has 0 radical (unpaired) electrons. The first kappa shape index (κ1) is 24.4. The number of carbonyl (C=O) groups is 1. The molecule has 0 atom stereocenters. The van der Waals surface area contributed by atoms with Crippen LogP contribution < -0.4 is 0 Å². The SMILES string of the molecule is Cc1ccc(S(=O)(=O)N2CCOCC2)cc1C(=O)OCc1c(C)cc(C(C)(C)C)cc1C. The Balaban J connectivity index is 1.81. The van der Waals surface area contributed by atoms with Crippen LogP contribution in [0.25, 0.3) is 0 Å². The number of nitrogens with zero attached hydrogens (tertiary/aromatic N) is 1. The van der Waals surface area contributed by atoms with Crippen molar-refractivity contribution in [3.05, 3.63) is 63.7 Å². The third-order valence-electron chi connectivity index (χ3n) is 5.95. The number of benzene rings is 2. The Bertz CT molecular complexity index is 1090. The third-order valence-corrected chi connectivity index (χ3v) is 7.84. The lowest BCUT2D eigenvalue weighted by Gasteiger charge is -2.26. The normalized spacial score (nSPS) is 15.6. The van der Waals surface area contributed by atoms with Crippen molar-refractivity contribution in [3.8, 4) is 0 Å². The Labute approximate surface area is 191 Å². The van der Waals surface area contributed by atoms with Gasteiger partial charge in [0.15, 0.2) is 0 Å². The van der Waals surface area contributed by atoms with Crippen molar-refractivity contribution in [1.29, 1.82) is 0 Å². The minimum Gasteiger partial charge on any atom is -0.457 e. The number of sulfonamides is 1. The van der Waals surface area contributed by atoms with E-state index in [0.717, 1.165) is 16.7 Å². The molecule has 32 heavy (non-hydrogen) atoms. The molecular weight excluding hydrogens is 426 g/mol. The zero-order valence-electron chi connectivity index (χ0n) is 19.8. The Kier molecular flexibility index (Phi) is 7.12. The van der Waals surface area contributed by atoms with Gasteiger partial charge in [-0.05, 0) is 66.1 Å². The van der Waals surface area contributed by atoms with E-state index < -0.39 is 16.0 Å². The lowest BCUT2D eigenvalue weighted by molar-refractivity contribution is 0.0470. The van der Waals surface area contributed by atoms with Crippen molar-refractivity contribution < 1.29 is 22.7 Å². The second kappa shape index (κ2) is 9.33. The van der Waals surface area contributed by atoms with Crippen LogP contribution in [-0.2, 0) is 31.5 Å². The lowest BCUT2D eigenvalue weighted by atomic mass is 9.84. The van der Waals surface area contributed by atoms with E-state index in [4.69, 9.17) is 9.47 Å². The fraction of sp³-hybridized carbons (Fsp3) is 0.480. The van der Waals surface area contributed by atoms with Gasteiger partial charge in [0.25, 0.3) is 0 Å². The average molecular weight is 460 g/mol. The summed E-state index contributed by atoms with van der Waals surface area (Å²) in [5.41, 5.74) is 5.33. The maximum Gasteiger partial charge on any atom is 0.338 e. The molecule has 6 nitrogen and oxygen atoms in total. The molecule has 0 aromatic heterocycles. The molecule has 0 saturated carbocycles. The van der Waals surface area contributed by atoms with Crippen molar-refractivity contribution in [2.75, 3.05) is 26.3 Å². The zero-order valence-corrected chi connectivity index (χ0v) is 20.6. The van der Waals surface area contributed by atoms with Gasteiger partial charge in [-0.15, -0.1) is 0 Å². The van der Waals surface area contributed by atoms with Gasteiger partial charge in [0.1, 0.15) is 6.61 Å². The van der Waals surface area contributed by atoms with Crippen molar-refractivity contribution in [1.82, 2.24) is 4.31 Å². The van der Waals surface area contributed by atoms with Crippen LogP contribution in [0.5, 0.6) is 0 Å². The van der Waals surface area contributed by atoms with Crippen molar-refractivity contribution in [2.24, 2.45) is 0 Å². The molecule has 1 fully saturated rings. The summed E-state index contributed by atoms with van der Waals surface area (Å²) in [6, 6.07) is 8.88. The second-order valence-corrected chi connectivity index (χ2v) is 11.3. The molecule has 2 aromatic rings. The summed E-state index contributed by atoms with van der Waals surface area (Å²) in [6.45, 7) is 13.8. The predicted molar refractivity (Wildman–Crippen MR) is 124 cm³/mol. The standard InChI is InChI=1S/C25H33NO5S/c1-17-7-8-21(32(28,29)26-9-11-30-12-10-26)15-22(17)24(27)31-16-23-18(2)13-20(14-19(23)3)25(4,5)6/h7-8,13-15H,9-12,16H2,1-6H3. The first-order chi connectivity index (χ1) is 14.9.